The molecule has 4 nitrogen and oxygen atoms in total. The third kappa shape index (κ3) is 5.03. The van der Waals surface area contributed by atoms with Crippen LogP contribution in [0.25, 0.3) is 0 Å². The molecule has 0 aliphatic carbocycles. The van der Waals surface area contributed by atoms with Crippen molar-refractivity contribution in [2.75, 3.05) is 0 Å². The van der Waals surface area contributed by atoms with Gasteiger partial charge in [-0.05, 0) is 36.8 Å². The van der Waals surface area contributed by atoms with Gasteiger partial charge >= 0.3 is 0 Å². The standard InChI is InChI=1S/C16H23NO3/c1-4-11(2)13-5-7-14(8-6-13)12(3)17-15(18)9-10-16(19)20/h5-8,11-12H,4,9-10H2,1-3H3,(H,17,18)(H,19,20)/p-1/t11-,12+/m0/s1. The summed E-state index contributed by atoms with van der Waals surface area (Å²) in [6, 6.07) is 8.03. The molecular weight excluding hydrogens is 254 g/mol. The first-order chi connectivity index (χ1) is 9.43. The van der Waals surface area contributed by atoms with E-state index in [2.05, 4.69) is 31.3 Å². The first-order valence-electron chi connectivity index (χ1n) is 7.03. The van der Waals surface area contributed by atoms with Crippen molar-refractivity contribution in [2.24, 2.45) is 0 Å². The van der Waals surface area contributed by atoms with Gasteiger partial charge in [0.25, 0.3) is 0 Å². The molecule has 20 heavy (non-hydrogen) atoms. The predicted octanol–water partition coefficient (Wildman–Crippen LogP) is 1.91. The number of aliphatic carboxylic acids is 1. The largest absolute Gasteiger partial charge is 0.550 e. The molecule has 2 atom stereocenters. The molecule has 0 fully saturated rings. The van der Waals surface area contributed by atoms with Gasteiger partial charge in [-0.3, -0.25) is 4.79 Å². The van der Waals surface area contributed by atoms with Crippen molar-refractivity contribution in [1.29, 1.82) is 0 Å². The van der Waals surface area contributed by atoms with Gasteiger partial charge in [0.1, 0.15) is 0 Å². The lowest BCUT2D eigenvalue weighted by Crippen LogP contribution is -2.29. The third-order valence-electron chi connectivity index (χ3n) is 3.55. The number of nitrogens with one attached hydrogen (secondary N) is 1. The number of carboxylic acids is 1. The Bertz CT molecular complexity index is 453. The molecule has 1 amide bonds. The highest BCUT2D eigenvalue weighted by atomic mass is 16.4. The van der Waals surface area contributed by atoms with Gasteiger partial charge in [0.2, 0.25) is 5.91 Å². The first-order valence-corrected chi connectivity index (χ1v) is 7.03. The summed E-state index contributed by atoms with van der Waals surface area (Å²) in [6.07, 6.45) is 0.804. The fraction of sp³-hybridized carbons (Fsp3) is 0.500. The van der Waals surface area contributed by atoms with Crippen LogP contribution in [0.1, 0.15) is 63.1 Å². The highest BCUT2D eigenvalue weighted by Crippen LogP contribution is 2.21. The summed E-state index contributed by atoms with van der Waals surface area (Å²) in [7, 11) is 0. The molecule has 0 radical (unpaired) electrons. The quantitative estimate of drug-likeness (QED) is 0.827. The Kier molecular flexibility index (Phi) is 6.22. The zero-order valence-electron chi connectivity index (χ0n) is 12.3. The van der Waals surface area contributed by atoms with Crippen LogP contribution in [0.5, 0.6) is 0 Å². The molecule has 0 saturated heterocycles. The summed E-state index contributed by atoms with van der Waals surface area (Å²) >= 11 is 0. The van der Waals surface area contributed by atoms with Gasteiger partial charge in [0.05, 0.1) is 6.04 Å². The second-order valence-corrected chi connectivity index (χ2v) is 5.14. The normalized spacial score (nSPS) is 13.6. The van der Waals surface area contributed by atoms with Gasteiger partial charge in [-0.25, -0.2) is 0 Å². The topological polar surface area (TPSA) is 69.2 Å². The summed E-state index contributed by atoms with van der Waals surface area (Å²) < 4.78 is 0. The number of amides is 1. The minimum absolute atomic E-state index is 0.0440. The molecule has 0 saturated carbocycles. The SMILES string of the molecule is CC[C@H](C)c1ccc([C@@H](C)NC(=O)CCC(=O)[O-])cc1. The zero-order valence-corrected chi connectivity index (χ0v) is 12.3. The second kappa shape index (κ2) is 7.68. The average Bonchev–Trinajstić information content (AvgIpc) is 2.44. The Balaban J connectivity index is 2.57. The summed E-state index contributed by atoms with van der Waals surface area (Å²) in [5.41, 5.74) is 2.30. The zero-order chi connectivity index (χ0) is 15.1. The van der Waals surface area contributed by atoms with Crippen molar-refractivity contribution in [3.8, 4) is 0 Å². The van der Waals surface area contributed by atoms with Crippen molar-refractivity contribution >= 4 is 11.9 Å². The van der Waals surface area contributed by atoms with E-state index in [0.29, 0.717) is 5.92 Å². The Morgan fingerprint density at radius 2 is 1.65 bits per heavy atom. The molecule has 0 unspecified atom stereocenters. The van der Waals surface area contributed by atoms with E-state index in [1.165, 1.54) is 5.56 Å². The lowest BCUT2D eigenvalue weighted by Gasteiger charge is -2.16. The van der Waals surface area contributed by atoms with Gasteiger partial charge in [-0.15, -0.1) is 0 Å². The number of carbonyl (C=O) groups is 2. The number of hydrogen-bond donors (Lipinski definition) is 1. The van der Waals surface area contributed by atoms with E-state index in [0.717, 1.165) is 12.0 Å². The molecule has 0 heterocycles. The van der Waals surface area contributed by atoms with Crippen LogP contribution in [-0.4, -0.2) is 11.9 Å². The van der Waals surface area contributed by atoms with Crippen LogP contribution in [0, 0.1) is 0 Å². The van der Waals surface area contributed by atoms with Gasteiger partial charge in [-0.1, -0.05) is 38.1 Å². The van der Waals surface area contributed by atoms with Crippen molar-refractivity contribution < 1.29 is 14.7 Å². The molecule has 1 N–H and O–H groups in total. The van der Waals surface area contributed by atoms with E-state index in [4.69, 9.17) is 0 Å². The highest BCUT2D eigenvalue weighted by molar-refractivity contribution is 5.80. The minimum atomic E-state index is -1.20. The fourth-order valence-corrected chi connectivity index (χ4v) is 1.96. The van der Waals surface area contributed by atoms with Crippen LogP contribution in [0.15, 0.2) is 24.3 Å². The van der Waals surface area contributed by atoms with E-state index < -0.39 is 5.97 Å². The molecule has 0 aliphatic rings. The van der Waals surface area contributed by atoms with Crippen molar-refractivity contribution in [2.45, 2.75) is 52.0 Å². The van der Waals surface area contributed by atoms with Gasteiger partial charge in [-0.2, -0.15) is 0 Å². The maximum absolute atomic E-state index is 11.6. The summed E-state index contributed by atoms with van der Waals surface area (Å²) in [5.74, 6) is -0.949. The monoisotopic (exact) mass is 276 g/mol. The van der Waals surface area contributed by atoms with E-state index in [1.54, 1.807) is 0 Å². The number of benzene rings is 1. The number of hydrogen-bond acceptors (Lipinski definition) is 3. The van der Waals surface area contributed by atoms with Crippen LogP contribution < -0.4 is 10.4 Å². The van der Waals surface area contributed by atoms with E-state index in [9.17, 15) is 14.7 Å². The lowest BCUT2D eigenvalue weighted by atomic mass is 9.96. The average molecular weight is 276 g/mol. The Hall–Kier alpha value is -1.84. The second-order valence-electron chi connectivity index (χ2n) is 5.14. The van der Waals surface area contributed by atoms with Crippen LogP contribution in [0.2, 0.25) is 0 Å². The Morgan fingerprint density at radius 3 is 2.15 bits per heavy atom. The van der Waals surface area contributed by atoms with Crippen LogP contribution in [-0.2, 0) is 9.59 Å². The van der Waals surface area contributed by atoms with E-state index in [1.807, 2.05) is 19.1 Å². The molecule has 0 aliphatic heterocycles. The molecule has 1 rings (SSSR count). The van der Waals surface area contributed by atoms with Crippen LogP contribution in [0.3, 0.4) is 0 Å². The van der Waals surface area contributed by atoms with Gasteiger partial charge in [0, 0.05) is 12.4 Å². The van der Waals surface area contributed by atoms with Crippen LogP contribution in [0.4, 0.5) is 0 Å². The molecular formula is C16H22NO3-. The van der Waals surface area contributed by atoms with Gasteiger partial charge < -0.3 is 15.2 Å². The summed E-state index contributed by atoms with van der Waals surface area (Å²) in [5, 5.41) is 13.1. The maximum atomic E-state index is 11.6. The van der Waals surface area contributed by atoms with Crippen LogP contribution >= 0.6 is 0 Å². The van der Waals surface area contributed by atoms with Crippen molar-refractivity contribution in [3.63, 3.8) is 0 Å². The van der Waals surface area contributed by atoms with Crippen molar-refractivity contribution in [3.05, 3.63) is 35.4 Å². The number of carboxylic acid groups (broad SMARTS) is 1. The molecule has 110 valence electrons. The van der Waals surface area contributed by atoms with E-state index >= 15 is 0 Å². The third-order valence-corrected chi connectivity index (χ3v) is 3.55. The Morgan fingerprint density at radius 1 is 1.10 bits per heavy atom. The van der Waals surface area contributed by atoms with E-state index in [-0.39, 0.29) is 24.8 Å². The number of rotatable bonds is 7. The summed E-state index contributed by atoms with van der Waals surface area (Å²) in [4.78, 5) is 21.8. The first kappa shape index (κ1) is 16.2. The smallest absolute Gasteiger partial charge is 0.220 e. The molecule has 0 bridgehead atoms. The lowest BCUT2D eigenvalue weighted by molar-refractivity contribution is -0.305. The molecule has 4 heteroatoms. The van der Waals surface area contributed by atoms with Crippen molar-refractivity contribution in [1.82, 2.24) is 5.32 Å². The molecule has 0 spiro atoms. The predicted molar refractivity (Wildman–Crippen MR) is 75.9 cm³/mol. The molecule has 0 aromatic heterocycles. The fourth-order valence-electron chi connectivity index (χ4n) is 1.96. The summed E-state index contributed by atoms with van der Waals surface area (Å²) in [6.45, 7) is 6.22. The Labute approximate surface area is 120 Å². The van der Waals surface area contributed by atoms with Gasteiger partial charge in [0.15, 0.2) is 0 Å². The molecule has 1 aromatic carbocycles. The number of carbonyl (C=O) groups excluding carboxylic acids is 2. The maximum Gasteiger partial charge on any atom is 0.220 e. The molecule has 1 aromatic rings. The highest BCUT2D eigenvalue weighted by Gasteiger charge is 2.10. The minimum Gasteiger partial charge on any atom is -0.550 e.